The summed E-state index contributed by atoms with van der Waals surface area (Å²) in [5.74, 6) is 0. The van der Waals surface area contributed by atoms with Crippen molar-refractivity contribution in [3.05, 3.63) is 218 Å². The lowest BCUT2D eigenvalue weighted by molar-refractivity contribution is 1.24. The number of benzene rings is 10. The SMILES string of the molecule is c1ccc(N(c2cc3c4ccccc4n4c5cc(N(c6ccccc6)c6cccc7ccccc67)cc6c7ccccc7n(c(c2)c34)c65)c2cccc3ccccc23)cc1. The number of anilines is 6. The molecule has 10 aromatic carbocycles. The molecular weight excluding hydrogens is 729 g/mol. The number of aromatic nitrogens is 2. The lowest BCUT2D eigenvalue weighted by Crippen LogP contribution is -2.11. The molecule has 3 aromatic heterocycles. The predicted molar refractivity (Wildman–Crippen MR) is 254 cm³/mol. The fourth-order valence-corrected chi connectivity index (χ4v) is 10.0. The summed E-state index contributed by atoms with van der Waals surface area (Å²) < 4.78 is 5.07. The van der Waals surface area contributed by atoms with Gasteiger partial charge < -0.3 is 18.6 Å². The summed E-state index contributed by atoms with van der Waals surface area (Å²) in [6, 6.07) is 79.8. The highest BCUT2D eigenvalue weighted by molar-refractivity contribution is 6.23. The van der Waals surface area contributed by atoms with Gasteiger partial charge in [0.25, 0.3) is 0 Å². The van der Waals surface area contributed by atoms with Gasteiger partial charge in [-0.3, -0.25) is 0 Å². The number of rotatable bonds is 6. The van der Waals surface area contributed by atoms with Crippen LogP contribution in [0.3, 0.4) is 0 Å². The highest BCUT2D eigenvalue weighted by Crippen LogP contribution is 2.48. The molecule has 280 valence electrons. The Bertz CT molecular complexity index is 3520. The molecule has 0 bridgehead atoms. The maximum absolute atomic E-state index is 2.53. The van der Waals surface area contributed by atoms with E-state index in [1.54, 1.807) is 0 Å². The van der Waals surface area contributed by atoms with Crippen molar-refractivity contribution in [1.82, 2.24) is 8.80 Å². The van der Waals surface area contributed by atoms with Gasteiger partial charge in [-0.25, -0.2) is 0 Å². The van der Waals surface area contributed by atoms with Crippen LogP contribution >= 0.6 is 0 Å². The summed E-state index contributed by atoms with van der Waals surface area (Å²) in [7, 11) is 0. The molecular formula is C56H36N4. The van der Waals surface area contributed by atoms with Crippen LogP contribution in [-0.2, 0) is 0 Å². The minimum atomic E-state index is 1.11. The van der Waals surface area contributed by atoms with Crippen molar-refractivity contribution in [3.8, 4) is 0 Å². The minimum absolute atomic E-state index is 1.11. The minimum Gasteiger partial charge on any atom is -0.310 e. The smallest absolute Gasteiger partial charge is 0.0784 e. The molecule has 3 heterocycles. The molecule has 4 nitrogen and oxygen atoms in total. The summed E-state index contributed by atoms with van der Waals surface area (Å²) in [6.45, 7) is 0. The zero-order valence-electron chi connectivity index (χ0n) is 32.6. The van der Waals surface area contributed by atoms with Crippen LogP contribution in [0.15, 0.2) is 218 Å². The Morgan fingerprint density at radius 3 is 1.07 bits per heavy atom. The Kier molecular flexibility index (Phi) is 6.98. The molecule has 0 aliphatic carbocycles. The monoisotopic (exact) mass is 764 g/mol. The molecule has 0 unspecified atom stereocenters. The fraction of sp³-hybridized carbons (Fsp3) is 0. The number of hydrogen-bond acceptors (Lipinski definition) is 2. The van der Waals surface area contributed by atoms with E-state index in [1.165, 1.54) is 76.2 Å². The standard InChI is InChI=1S/C56H36N4/c1-3-21-39(22-4-1)57(49-31-15-19-37-17-7-9-25-43(37)49)41-33-47-45-27-11-13-29-51(45)60-54-36-42(34-48-46-28-12-14-30-52(46)59(56(48)54)53(35-41)55(47)60)58(40-23-5-2-6-24-40)50-32-16-20-38-18-8-10-26-44(38)50/h1-36H. The largest absolute Gasteiger partial charge is 0.310 e. The number of fused-ring (bicyclic) bond motifs is 10. The van der Waals surface area contributed by atoms with E-state index in [2.05, 4.69) is 237 Å². The summed E-state index contributed by atoms with van der Waals surface area (Å²) in [5.41, 5.74) is 13.9. The first-order chi connectivity index (χ1) is 29.8. The van der Waals surface area contributed by atoms with Crippen LogP contribution < -0.4 is 9.80 Å². The molecule has 0 fully saturated rings. The summed E-state index contributed by atoms with van der Waals surface area (Å²) in [4.78, 5) is 4.88. The van der Waals surface area contributed by atoms with E-state index in [0.717, 1.165) is 34.1 Å². The highest BCUT2D eigenvalue weighted by atomic mass is 15.2. The van der Waals surface area contributed by atoms with Gasteiger partial charge in [0, 0.05) is 55.1 Å². The summed E-state index contributed by atoms with van der Waals surface area (Å²) >= 11 is 0. The molecule has 0 atom stereocenters. The van der Waals surface area contributed by atoms with Crippen molar-refractivity contribution >= 4 is 110 Å². The van der Waals surface area contributed by atoms with Gasteiger partial charge in [0.2, 0.25) is 0 Å². The first-order valence-corrected chi connectivity index (χ1v) is 20.6. The zero-order chi connectivity index (χ0) is 39.3. The van der Waals surface area contributed by atoms with Gasteiger partial charge in [0.15, 0.2) is 0 Å². The second-order valence-electron chi connectivity index (χ2n) is 15.8. The second-order valence-corrected chi connectivity index (χ2v) is 15.8. The number of hydrogen-bond donors (Lipinski definition) is 0. The Morgan fingerprint density at radius 1 is 0.250 bits per heavy atom. The topological polar surface area (TPSA) is 15.3 Å². The van der Waals surface area contributed by atoms with E-state index >= 15 is 0 Å². The fourth-order valence-electron chi connectivity index (χ4n) is 10.0. The van der Waals surface area contributed by atoms with Crippen molar-refractivity contribution < 1.29 is 0 Å². The van der Waals surface area contributed by atoms with Crippen LogP contribution in [-0.4, -0.2) is 8.80 Å². The van der Waals surface area contributed by atoms with Gasteiger partial charge in [0.05, 0.1) is 44.5 Å². The van der Waals surface area contributed by atoms with Crippen molar-refractivity contribution in [2.24, 2.45) is 0 Å². The van der Waals surface area contributed by atoms with E-state index < -0.39 is 0 Å². The molecule has 0 amide bonds. The van der Waals surface area contributed by atoms with Crippen molar-refractivity contribution in [2.45, 2.75) is 0 Å². The van der Waals surface area contributed by atoms with Gasteiger partial charge >= 0.3 is 0 Å². The second kappa shape index (κ2) is 12.7. The number of nitrogens with zero attached hydrogens (tertiary/aromatic N) is 4. The van der Waals surface area contributed by atoms with Gasteiger partial charge in [-0.05, 0) is 83.6 Å². The molecule has 0 saturated heterocycles. The molecule has 0 saturated carbocycles. The average Bonchev–Trinajstić information content (AvgIpc) is 3.83. The Morgan fingerprint density at radius 2 is 0.617 bits per heavy atom. The van der Waals surface area contributed by atoms with Crippen LogP contribution in [0.1, 0.15) is 0 Å². The third kappa shape index (κ3) is 4.67. The Labute approximate surface area is 345 Å². The Hall–Kier alpha value is -8.08. The van der Waals surface area contributed by atoms with E-state index in [-0.39, 0.29) is 0 Å². The van der Waals surface area contributed by atoms with Gasteiger partial charge in [0.1, 0.15) is 0 Å². The van der Waals surface area contributed by atoms with Gasteiger partial charge in [-0.15, -0.1) is 0 Å². The molecule has 0 spiro atoms. The molecule has 13 rings (SSSR count). The highest BCUT2D eigenvalue weighted by Gasteiger charge is 2.26. The quantitative estimate of drug-likeness (QED) is 0.157. The average molecular weight is 765 g/mol. The maximum Gasteiger partial charge on any atom is 0.0784 e. The van der Waals surface area contributed by atoms with Crippen molar-refractivity contribution in [3.63, 3.8) is 0 Å². The van der Waals surface area contributed by atoms with E-state index in [9.17, 15) is 0 Å². The Balaban J connectivity index is 1.19. The van der Waals surface area contributed by atoms with Gasteiger partial charge in [-0.1, -0.05) is 146 Å². The van der Waals surface area contributed by atoms with E-state index in [1.807, 2.05) is 0 Å². The zero-order valence-corrected chi connectivity index (χ0v) is 32.6. The third-order valence-corrected chi connectivity index (χ3v) is 12.5. The van der Waals surface area contributed by atoms with Crippen LogP contribution in [0.2, 0.25) is 0 Å². The van der Waals surface area contributed by atoms with Crippen molar-refractivity contribution in [2.75, 3.05) is 9.80 Å². The van der Waals surface area contributed by atoms with Crippen LogP contribution in [0.25, 0.3) is 76.2 Å². The van der Waals surface area contributed by atoms with Crippen LogP contribution in [0, 0.1) is 0 Å². The lowest BCUT2D eigenvalue weighted by Gasteiger charge is -2.28. The van der Waals surface area contributed by atoms with E-state index in [0.29, 0.717) is 0 Å². The summed E-state index contributed by atoms with van der Waals surface area (Å²) in [6.07, 6.45) is 0. The lowest BCUT2D eigenvalue weighted by atomic mass is 10.0. The van der Waals surface area contributed by atoms with Crippen molar-refractivity contribution in [1.29, 1.82) is 0 Å². The van der Waals surface area contributed by atoms with E-state index in [4.69, 9.17) is 0 Å². The molecule has 0 aliphatic heterocycles. The predicted octanol–water partition coefficient (Wildman–Crippen LogP) is 15.5. The molecule has 0 N–H and O–H groups in total. The van der Waals surface area contributed by atoms with Crippen LogP contribution in [0.4, 0.5) is 34.1 Å². The molecule has 60 heavy (non-hydrogen) atoms. The third-order valence-electron chi connectivity index (χ3n) is 12.5. The number of para-hydroxylation sites is 4. The maximum atomic E-state index is 2.53. The molecule has 13 aromatic rings. The first-order valence-electron chi connectivity index (χ1n) is 20.6. The summed E-state index contributed by atoms with van der Waals surface area (Å²) in [5, 5.41) is 9.73. The van der Waals surface area contributed by atoms with Gasteiger partial charge in [-0.2, -0.15) is 0 Å². The van der Waals surface area contributed by atoms with Crippen LogP contribution in [0.5, 0.6) is 0 Å². The molecule has 0 aliphatic rings. The molecule has 4 heteroatoms. The molecule has 0 radical (unpaired) electrons. The normalized spacial score (nSPS) is 12.0. The first kappa shape index (κ1) is 32.9.